The van der Waals surface area contributed by atoms with Gasteiger partial charge in [0.05, 0.1) is 16.3 Å². The fourth-order valence-electron chi connectivity index (χ4n) is 2.80. The van der Waals surface area contributed by atoms with Crippen molar-refractivity contribution in [2.75, 3.05) is 0 Å². The van der Waals surface area contributed by atoms with E-state index in [9.17, 15) is 13.2 Å². The van der Waals surface area contributed by atoms with Gasteiger partial charge in [0, 0.05) is 11.6 Å². The largest absolute Gasteiger partial charge is 0.476 e. The van der Waals surface area contributed by atoms with Gasteiger partial charge in [0.2, 0.25) is 0 Å². The van der Waals surface area contributed by atoms with E-state index in [2.05, 4.69) is 4.98 Å². The number of rotatable bonds is 5. The molecule has 0 unspecified atom stereocenters. The summed E-state index contributed by atoms with van der Waals surface area (Å²) in [6, 6.07) is 15.6. The Morgan fingerprint density at radius 3 is 2.44 bits per heavy atom. The molecule has 1 N–H and O–H groups in total. The Bertz CT molecular complexity index is 1220. The Morgan fingerprint density at radius 2 is 1.78 bits per heavy atom. The van der Waals surface area contributed by atoms with Gasteiger partial charge >= 0.3 is 5.97 Å². The summed E-state index contributed by atoms with van der Waals surface area (Å²) in [7, 11) is -3.44. The molecule has 4 rings (SSSR count). The van der Waals surface area contributed by atoms with Crippen LogP contribution in [0.1, 0.15) is 16.1 Å². The van der Waals surface area contributed by atoms with Crippen LogP contribution in [0.3, 0.4) is 0 Å². The number of carboxylic acid groups (broad SMARTS) is 1. The lowest BCUT2D eigenvalue weighted by molar-refractivity contribution is 0.0691. The molecule has 0 fully saturated rings. The van der Waals surface area contributed by atoms with Crippen LogP contribution in [-0.2, 0) is 15.6 Å². The topological polar surface area (TPSA) is 88.7 Å². The van der Waals surface area contributed by atoms with Crippen molar-refractivity contribution in [3.63, 3.8) is 0 Å². The number of sulfone groups is 1. The number of carbonyl (C=O) groups is 1. The molecule has 0 aliphatic heterocycles. The molecule has 0 saturated heterocycles. The molecule has 27 heavy (non-hydrogen) atoms. The van der Waals surface area contributed by atoms with Gasteiger partial charge in [-0.15, -0.1) is 11.3 Å². The van der Waals surface area contributed by atoms with Gasteiger partial charge in [-0.05, 0) is 23.3 Å². The second-order valence-corrected chi connectivity index (χ2v) is 8.80. The standard InChI is InChI=1S/C19H14N2O4S2/c22-18(23)16-10-21-17(11-26-19(21)20-16)14-6-8-15(9-7-14)27(24,25)12-13-4-2-1-3-5-13/h1-11H,12H2,(H,22,23). The van der Waals surface area contributed by atoms with E-state index in [1.54, 1.807) is 40.8 Å². The molecule has 136 valence electrons. The van der Waals surface area contributed by atoms with Crippen LogP contribution in [-0.4, -0.2) is 28.9 Å². The third-order valence-electron chi connectivity index (χ3n) is 4.14. The number of aromatic carboxylic acids is 1. The zero-order valence-electron chi connectivity index (χ0n) is 13.9. The zero-order valence-corrected chi connectivity index (χ0v) is 15.6. The molecule has 2 heterocycles. The number of benzene rings is 2. The predicted octanol–water partition coefficient (Wildman–Crippen LogP) is 3.73. The van der Waals surface area contributed by atoms with E-state index in [0.29, 0.717) is 4.96 Å². The SMILES string of the molecule is O=C(O)c1cn2c(-c3ccc(S(=O)(=O)Cc4ccccc4)cc3)csc2n1. The first-order valence-electron chi connectivity index (χ1n) is 8.01. The number of hydrogen-bond donors (Lipinski definition) is 1. The van der Waals surface area contributed by atoms with Crippen LogP contribution >= 0.6 is 11.3 Å². The first-order valence-corrected chi connectivity index (χ1v) is 10.5. The summed E-state index contributed by atoms with van der Waals surface area (Å²) in [6.45, 7) is 0. The Morgan fingerprint density at radius 1 is 1.07 bits per heavy atom. The monoisotopic (exact) mass is 398 g/mol. The molecule has 6 nitrogen and oxygen atoms in total. The fraction of sp³-hybridized carbons (Fsp3) is 0.0526. The van der Waals surface area contributed by atoms with E-state index in [1.165, 1.54) is 17.5 Å². The third kappa shape index (κ3) is 3.36. The third-order valence-corrected chi connectivity index (χ3v) is 6.68. The second kappa shape index (κ2) is 6.64. The molecule has 0 aliphatic carbocycles. The van der Waals surface area contributed by atoms with Crippen LogP contribution in [0.4, 0.5) is 0 Å². The van der Waals surface area contributed by atoms with Crippen LogP contribution in [0.2, 0.25) is 0 Å². The van der Waals surface area contributed by atoms with Crippen molar-refractivity contribution in [1.29, 1.82) is 0 Å². The normalized spacial score (nSPS) is 11.7. The van der Waals surface area contributed by atoms with Crippen molar-refractivity contribution in [3.8, 4) is 11.3 Å². The summed E-state index contributed by atoms with van der Waals surface area (Å²) < 4.78 is 26.9. The van der Waals surface area contributed by atoms with Crippen LogP contribution in [0.5, 0.6) is 0 Å². The molecule has 0 amide bonds. The molecule has 0 atom stereocenters. The van der Waals surface area contributed by atoms with Crippen LogP contribution in [0.15, 0.2) is 71.1 Å². The molecule has 0 bridgehead atoms. The van der Waals surface area contributed by atoms with Gasteiger partial charge in [-0.25, -0.2) is 18.2 Å². The van der Waals surface area contributed by atoms with E-state index < -0.39 is 15.8 Å². The van der Waals surface area contributed by atoms with Gasteiger partial charge in [0.1, 0.15) is 0 Å². The predicted molar refractivity (Wildman–Crippen MR) is 103 cm³/mol. The smallest absolute Gasteiger partial charge is 0.356 e. The van der Waals surface area contributed by atoms with Gasteiger partial charge < -0.3 is 5.11 Å². The molecular formula is C19H14N2O4S2. The highest BCUT2D eigenvalue weighted by Gasteiger charge is 2.17. The lowest BCUT2D eigenvalue weighted by atomic mass is 10.2. The number of aromatic nitrogens is 2. The minimum atomic E-state index is -3.44. The molecule has 0 radical (unpaired) electrons. The van der Waals surface area contributed by atoms with Gasteiger partial charge in [-0.2, -0.15) is 0 Å². The molecular weight excluding hydrogens is 384 g/mol. The van der Waals surface area contributed by atoms with Gasteiger partial charge in [-0.3, -0.25) is 4.40 Å². The van der Waals surface area contributed by atoms with Crippen molar-refractivity contribution >= 4 is 32.1 Å². The Balaban J connectivity index is 1.65. The first-order chi connectivity index (χ1) is 12.9. The Kier molecular flexibility index (Phi) is 4.29. The summed E-state index contributed by atoms with van der Waals surface area (Å²) in [4.78, 5) is 16.0. The average molecular weight is 398 g/mol. The number of imidazole rings is 1. The van der Waals surface area contributed by atoms with E-state index in [0.717, 1.165) is 16.8 Å². The maximum absolute atomic E-state index is 12.6. The molecule has 8 heteroatoms. The Labute approximate surface area is 159 Å². The highest BCUT2D eigenvalue weighted by molar-refractivity contribution is 7.90. The van der Waals surface area contributed by atoms with E-state index in [1.807, 2.05) is 23.6 Å². The van der Waals surface area contributed by atoms with E-state index >= 15 is 0 Å². The van der Waals surface area contributed by atoms with Crippen molar-refractivity contribution in [2.45, 2.75) is 10.6 Å². The Hall–Kier alpha value is -2.97. The summed E-state index contributed by atoms with van der Waals surface area (Å²) in [6.07, 6.45) is 1.46. The summed E-state index contributed by atoms with van der Waals surface area (Å²) in [5.41, 5.74) is 2.27. The zero-order chi connectivity index (χ0) is 19.0. The highest BCUT2D eigenvalue weighted by Crippen LogP contribution is 2.28. The van der Waals surface area contributed by atoms with Crippen molar-refractivity contribution in [1.82, 2.24) is 9.38 Å². The maximum atomic E-state index is 12.6. The molecule has 0 saturated carbocycles. The van der Waals surface area contributed by atoms with E-state index in [-0.39, 0.29) is 16.3 Å². The lowest BCUT2D eigenvalue weighted by Gasteiger charge is -2.06. The minimum Gasteiger partial charge on any atom is -0.476 e. The minimum absolute atomic E-state index is 0.0230. The number of carboxylic acids is 1. The van der Waals surface area contributed by atoms with Crippen molar-refractivity contribution in [3.05, 3.63) is 77.4 Å². The van der Waals surface area contributed by atoms with Gasteiger partial charge in [0.15, 0.2) is 20.5 Å². The molecule has 0 spiro atoms. The van der Waals surface area contributed by atoms with Crippen molar-refractivity contribution in [2.24, 2.45) is 0 Å². The highest BCUT2D eigenvalue weighted by atomic mass is 32.2. The number of nitrogens with zero attached hydrogens (tertiary/aromatic N) is 2. The lowest BCUT2D eigenvalue weighted by Crippen LogP contribution is -2.04. The second-order valence-electron chi connectivity index (χ2n) is 5.97. The van der Waals surface area contributed by atoms with Crippen molar-refractivity contribution < 1.29 is 18.3 Å². The molecule has 2 aromatic heterocycles. The quantitative estimate of drug-likeness (QED) is 0.553. The number of thiazole rings is 1. The summed E-state index contributed by atoms with van der Waals surface area (Å²) in [5.74, 6) is -1.14. The van der Waals surface area contributed by atoms with E-state index in [4.69, 9.17) is 5.11 Å². The summed E-state index contributed by atoms with van der Waals surface area (Å²) >= 11 is 1.33. The average Bonchev–Trinajstić information content (AvgIpc) is 3.23. The molecule has 0 aliphatic rings. The van der Waals surface area contributed by atoms with Crippen LogP contribution in [0, 0.1) is 0 Å². The first kappa shape index (κ1) is 17.4. The van der Waals surface area contributed by atoms with Crippen LogP contribution in [0.25, 0.3) is 16.2 Å². The maximum Gasteiger partial charge on any atom is 0.356 e. The molecule has 2 aromatic carbocycles. The number of fused-ring (bicyclic) bond motifs is 1. The number of hydrogen-bond acceptors (Lipinski definition) is 5. The summed E-state index contributed by atoms with van der Waals surface area (Å²) in [5, 5.41) is 10.9. The molecule has 4 aromatic rings. The van der Waals surface area contributed by atoms with Gasteiger partial charge in [-0.1, -0.05) is 42.5 Å². The van der Waals surface area contributed by atoms with Crippen LogP contribution < -0.4 is 0 Å². The van der Waals surface area contributed by atoms with Gasteiger partial charge in [0.25, 0.3) is 0 Å². The fourth-order valence-corrected chi connectivity index (χ4v) is 5.04.